The minimum Gasteiger partial charge on any atom is -0.360 e. The third-order valence-electron chi connectivity index (χ3n) is 2.93. The minimum atomic E-state index is -1.23. The van der Waals surface area contributed by atoms with Crippen molar-refractivity contribution in [1.82, 2.24) is 0 Å². The van der Waals surface area contributed by atoms with Gasteiger partial charge in [0.25, 0.3) is 0 Å². The zero-order chi connectivity index (χ0) is 9.76. The summed E-state index contributed by atoms with van der Waals surface area (Å²) in [6.45, 7) is 1.92. The minimum absolute atomic E-state index is 0.0230. The van der Waals surface area contributed by atoms with Crippen molar-refractivity contribution in [2.24, 2.45) is 0 Å². The first-order valence-electron chi connectivity index (χ1n) is 4.83. The monoisotopic (exact) mass is 192 g/mol. The smallest absolute Gasteiger partial charge is 0.222 e. The Morgan fingerprint density at radius 3 is 2.50 bits per heavy atom. The first-order valence-corrected chi connectivity index (χ1v) is 4.83. The Morgan fingerprint density at radius 1 is 1.29 bits per heavy atom. The summed E-state index contributed by atoms with van der Waals surface area (Å²) in [6.07, 6.45) is -0.134. The van der Waals surface area contributed by atoms with Crippen molar-refractivity contribution in [2.75, 3.05) is 0 Å². The molecule has 0 amide bonds. The topological polar surface area (TPSA) is 42.0 Å². The molecule has 3 nitrogen and oxygen atoms in total. The van der Waals surface area contributed by atoms with Crippen molar-refractivity contribution in [3.63, 3.8) is 0 Å². The highest BCUT2D eigenvalue weighted by Crippen LogP contribution is 2.49. The highest BCUT2D eigenvalue weighted by molar-refractivity contribution is 5.26. The molecule has 0 radical (unpaired) electrons. The van der Waals surface area contributed by atoms with Gasteiger partial charge in [0.1, 0.15) is 12.2 Å². The van der Waals surface area contributed by atoms with Gasteiger partial charge in [-0.25, -0.2) is 0 Å². The van der Waals surface area contributed by atoms with E-state index in [9.17, 15) is 5.11 Å². The van der Waals surface area contributed by atoms with Gasteiger partial charge in [0, 0.05) is 5.56 Å². The van der Waals surface area contributed by atoms with Crippen LogP contribution in [0.4, 0.5) is 0 Å². The second-order valence-electron chi connectivity index (χ2n) is 3.91. The number of epoxide rings is 1. The van der Waals surface area contributed by atoms with E-state index in [-0.39, 0.29) is 18.3 Å². The maximum Gasteiger partial charge on any atom is 0.222 e. The van der Waals surface area contributed by atoms with Crippen LogP contribution in [-0.4, -0.2) is 23.4 Å². The molecule has 2 aliphatic rings. The maximum absolute atomic E-state index is 10.3. The lowest BCUT2D eigenvalue weighted by atomic mass is 10.0. The van der Waals surface area contributed by atoms with E-state index in [0.29, 0.717) is 0 Å². The quantitative estimate of drug-likeness (QED) is 0.675. The molecular formula is C11H12O3. The summed E-state index contributed by atoms with van der Waals surface area (Å²) < 4.78 is 10.9. The molecule has 1 aromatic carbocycles. The van der Waals surface area contributed by atoms with Crippen molar-refractivity contribution in [3.8, 4) is 0 Å². The molecule has 1 N–H and O–H groups in total. The number of ether oxygens (including phenoxy) is 2. The van der Waals surface area contributed by atoms with E-state index in [0.717, 1.165) is 5.56 Å². The molecule has 2 fully saturated rings. The van der Waals surface area contributed by atoms with Crippen LogP contribution in [0.15, 0.2) is 30.3 Å². The zero-order valence-electron chi connectivity index (χ0n) is 7.88. The van der Waals surface area contributed by atoms with E-state index in [1.54, 1.807) is 0 Å². The molecule has 2 heterocycles. The molecule has 0 spiro atoms. The van der Waals surface area contributed by atoms with Crippen LogP contribution in [0.5, 0.6) is 0 Å². The Labute approximate surface area is 82.3 Å². The number of fused-ring (bicyclic) bond motifs is 1. The summed E-state index contributed by atoms with van der Waals surface area (Å²) in [7, 11) is 0. The summed E-state index contributed by atoms with van der Waals surface area (Å²) in [5.74, 6) is -1.23. The van der Waals surface area contributed by atoms with Gasteiger partial charge in [0.2, 0.25) is 5.79 Å². The van der Waals surface area contributed by atoms with Gasteiger partial charge in [-0.2, -0.15) is 0 Å². The van der Waals surface area contributed by atoms with Crippen molar-refractivity contribution < 1.29 is 14.6 Å². The number of aliphatic hydroxyl groups is 1. The molecule has 1 aromatic rings. The number of benzene rings is 1. The second kappa shape index (κ2) is 2.57. The van der Waals surface area contributed by atoms with Crippen LogP contribution in [0.2, 0.25) is 0 Å². The Kier molecular flexibility index (Phi) is 1.54. The SMILES string of the molecule is C[C@@H]1O[C@@](O)(c2ccccc2)[C@H]2O[C@@H]12. The predicted octanol–water partition coefficient (Wildman–Crippen LogP) is 1.02. The summed E-state index contributed by atoms with van der Waals surface area (Å²) in [4.78, 5) is 0. The lowest BCUT2D eigenvalue weighted by Gasteiger charge is -2.25. The molecule has 3 rings (SSSR count). The van der Waals surface area contributed by atoms with Crippen LogP contribution in [0, 0.1) is 0 Å². The normalized spacial score (nSPS) is 44.9. The molecule has 2 aliphatic heterocycles. The Bertz CT molecular complexity index is 351. The highest BCUT2D eigenvalue weighted by atomic mass is 16.7. The van der Waals surface area contributed by atoms with Gasteiger partial charge in [-0.3, -0.25) is 0 Å². The summed E-state index contributed by atoms with van der Waals surface area (Å²) in [6, 6.07) is 9.40. The first kappa shape index (κ1) is 8.41. The molecule has 3 heteroatoms. The Hall–Kier alpha value is -0.900. The number of hydrogen-bond donors (Lipinski definition) is 1. The largest absolute Gasteiger partial charge is 0.360 e. The van der Waals surface area contributed by atoms with E-state index in [1.165, 1.54) is 0 Å². The van der Waals surface area contributed by atoms with Gasteiger partial charge < -0.3 is 14.6 Å². The van der Waals surface area contributed by atoms with Crippen LogP contribution in [-0.2, 0) is 15.3 Å². The molecule has 0 aliphatic carbocycles. The summed E-state index contributed by atoms with van der Waals surface area (Å²) >= 11 is 0. The van der Waals surface area contributed by atoms with E-state index in [1.807, 2.05) is 37.3 Å². The van der Waals surface area contributed by atoms with Gasteiger partial charge in [-0.1, -0.05) is 30.3 Å². The summed E-state index contributed by atoms with van der Waals surface area (Å²) in [5.41, 5.74) is 0.775. The fraction of sp³-hybridized carbons (Fsp3) is 0.455. The lowest BCUT2D eigenvalue weighted by Crippen LogP contribution is -2.32. The van der Waals surface area contributed by atoms with E-state index in [4.69, 9.17) is 9.47 Å². The average molecular weight is 192 g/mol. The van der Waals surface area contributed by atoms with Crippen LogP contribution in [0.25, 0.3) is 0 Å². The molecule has 2 saturated heterocycles. The van der Waals surface area contributed by atoms with Gasteiger partial charge in [-0.05, 0) is 6.92 Å². The molecule has 14 heavy (non-hydrogen) atoms. The third-order valence-corrected chi connectivity index (χ3v) is 2.93. The fourth-order valence-corrected chi connectivity index (χ4v) is 2.12. The molecule has 0 saturated carbocycles. The Morgan fingerprint density at radius 2 is 2.00 bits per heavy atom. The van der Waals surface area contributed by atoms with Crippen LogP contribution >= 0.6 is 0 Å². The average Bonchev–Trinajstić information content (AvgIpc) is 2.94. The number of rotatable bonds is 1. The predicted molar refractivity (Wildman–Crippen MR) is 49.5 cm³/mol. The molecular weight excluding hydrogens is 180 g/mol. The van der Waals surface area contributed by atoms with Gasteiger partial charge in [0.05, 0.1) is 6.10 Å². The highest BCUT2D eigenvalue weighted by Gasteiger charge is 2.65. The van der Waals surface area contributed by atoms with Crippen molar-refractivity contribution in [2.45, 2.75) is 31.0 Å². The standard InChI is InChI=1S/C11H12O3/c1-7-9-10(13-9)11(12,14-7)8-5-3-2-4-6-8/h2-7,9-10,12H,1H3/t7-,9-,10-,11-/m0/s1. The van der Waals surface area contributed by atoms with Crippen LogP contribution in [0.3, 0.4) is 0 Å². The van der Waals surface area contributed by atoms with Gasteiger partial charge >= 0.3 is 0 Å². The van der Waals surface area contributed by atoms with E-state index < -0.39 is 5.79 Å². The van der Waals surface area contributed by atoms with Crippen molar-refractivity contribution >= 4 is 0 Å². The zero-order valence-corrected chi connectivity index (χ0v) is 7.88. The van der Waals surface area contributed by atoms with E-state index in [2.05, 4.69) is 0 Å². The maximum atomic E-state index is 10.3. The summed E-state index contributed by atoms with van der Waals surface area (Å²) in [5, 5.41) is 10.3. The Balaban J connectivity index is 1.98. The van der Waals surface area contributed by atoms with Gasteiger partial charge in [-0.15, -0.1) is 0 Å². The number of hydrogen-bond acceptors (Lipinski definition) is 3. The lowest BCUT2D eigenvalue weighted by molar-refractivity contribution is -0.236. The molecule has 4 atom stereocenters. The van der Waals surface area contributed by atoms with Crippen molar-refractivity contribution in [3.05, 3.63) is 35.9 Å². The van der Waals surface area contributed by atoms with Crippen LogP contribution in [0.1, 0.15) is 12.5 Å². The van der Waals surface area contributed by atoms with Crippen LogP contribution < -0.4 is 0 Å². The molecule has 0 bridgehead atoms. The fourth-order valence-electron chi connectivity index (χ4n) is 2.12. The molecule has 0 unspecified atom stereocenters. The third kappa shape index (κ3) is 0.974. The first-order chi connectivity index (χ1) is 6.72. The van der Waals surface area contributed by atoms with Crippen molar-refractivity contribution in [1.29, 1.82) is 0 Å². The molecule has 0 aromatic heterocycles. The molecule has 74 valence electrons. The van der Waals surface area contributed by atoms with E-state index >= 15 is 0 Å². The second-order valence-corrected chi connectivity index (χ2v) is 3.91. The van der Waals surface area contributed by atoms with Gasteiger partial charge in [0.15, 0.2) is 0 Å².